The van der Waals surface area contributed by atoms with Crippen LogP contribution in [0.15, 0.2) is 0 Å². The second kappa shape index (κ2) is 8.36. The van der Waals surface area contributed by atoms with Crippen LogP contribution in [0.1, 0.15) is 77.6 Å². The van der Waals surface area contributed by atoms with Crippen LogP contribution in [0, 0.1) is 46.8 Å². The van der Waals surface area contributed by atoms with E-state index in [1.54, 1.807) is 0 Å². The zero-order chi connectivity index (χ0) is 14.2. The molecular weight excluding hydrogens is 242 g/mol. The molecule has 0 aromatic rings. The van der Waals surface area contributed by atoms with Gasteiger partial charge in [-0.3, -0.25) is 0 Å². The summed E-state index contributed by atoms with van der Waals surface area (Å²) in [7, 11) is 0. The van der Waals surface area contributed by atoms with Gasteiger partial charge in [0, 0.05) is 11.8 Å². The molecule has 2 fully saturated rings. The fourth-order valence-corrected chi connectivity index (χ4v) is 4.31. The van der Waals surface area contributed by atoms with Crippen molar-refractivity contribution in [3.8, 4) is 17.9 Å². The summed E-state index contributed by atoms with van der Waals surface area (Å²) in [5.41, 5.74) is 0. The first-order valence-corrected chi connectivity index (χ1v) is 8.73. The molecule has 0 aromatic carbocycles. The summed E-state index contributed by atoms with van der Waals surface area (Å²) in [5, 5.41) is 8.52. The lowest BCUT2D eigenvalue weighted by Gasteiger charge is -2.37. The fraction of sp³-hybridized carbons (Fsp3) is 0.842. The number of rotatable bonds is 4. The number of nitriles is 1. The molecule has 110 valence electrons. The van der Waals surface area contributed by atoms with Crippen molar-refractivity contribution in [2.75, 3.05) is 0 Å². The molecule has 0 aromatic heterocycles. The molecule has 0 amide bonds. The average Bonchev–Trinajstić information content (AvgIpc) is 2.52. The van der Waals surface area contributed by atoms with Gasteiger partial charge in [-0.1, -0.05) is 44.9 Å². The van der Waals surface area contributed by atoms with Gasteiger partial charge in [0.15, 0.2) is 6.07 Å². The van der Waals surface area contributed by atoms with E-state index in [9.17, 15) is 0 Å². The van der Waals surface area contributed by atoms with E-state index < -0.39 is 0 Å². The third kappa shape index (κ3) is 4.56. The fourth-order valence-electron chi connectivity index (χ4n) is 4.31. The van der Waals surface area contributed by atoms with Crippen molar-refractivity contribution in [2.24, 2.45) is 23.7 Å². The molecule has 0 N–H and O–H groups in total. The lowest BCUT2D eigenvalue weighted by atomic mass is 9.69. The zero-order valence-corrected chi connectivity index (χ0v) is 13.0. The standard InChI is InChI=1S/C19H29N/c1-2-3-5-16-7-11-18(12-8-16)19-13-9-17(10-14-19)6-4-15-20/h16-19H,2-3,5,7-14H2,1H3/t16-,17-,18-,19-. The summed E-state index contributed by atoms with van der Waals surface area (Å²) in [5.74, 6) is 9.20. The first kappa shape index (κ1) is 15.4. The predicted octanol–water partition coefficient (Wildman–Crippen LogP) is 5.32. The van der Waals surface area contributed by atoms with Crippen molar-refractivity contribution in [3.63, 3.8) is 0 Å². The molecule has 0 aliphatic heterocycles. The van der Waals surface area contributed by atoms with Gasteiger partial charge in [-0.15, -0.1) is 0 Å². The molecule has 1 heteroatoms. The van der Waals surface area contributed by atoms with Crippen LogP contribution in [0.5, 0.6) is 0 Å². The predicted molar refractivity (Wildman–Crippen MR) is 83.8 cm³/mol. The molecule has 0 saturated heterocycles. The second-order valence-electron chi connectivity index (χ2n) is 6.92. The smallest absolute Gasteiger partial charge is 0.152 e. The second-order valence-corrected chi connectivity index (χ2v) is 6.92. The normalized spacial score (nSPS) is 33.8. The highest BCUT2D eigenvalue weighted by atomic mass is 14.3. The maximum absolute atomic E-state index is 8.52. The van der Waals surface area contributed by atoms with Gasteiger partial charge in [0.2, 0.25) is 0 Å². The molecule has 2 rings (SSSR count). The Morgan fingerprint density at radius 1 is 0.900 bits per heavy atom. The Balaban J connectivity index is 1.69. The average molecular weight is 271 g/mol. The molecular formula is C19H29N. The Bertz CT molecular complexity index is 365. The molecule has 0 radical (unpaired) electrons. The summed E-state index contributed by atoms with van der Waals surface area (Å²) in [6.07, 6.45) is 15.4. The third-order valence-corrected chi connectivity index (χ3v) is 5.63. The van der Waals surface area contributed by atoms with Crippen LogP contribution in [0.3, 0.4) is 0 Å². The maximum Gasteiger partial charge on any atom is 0.152 e. The summed E-state index contributed by atoms with van der Waals surface area (Å²) >= 11 is 0. The van der Waals surface area contributed by atoms with E-state index in [4.69, 9.17) is 5.26 Å². The van der Waals surface area contributed by atoms with E-state index in [1.807, 2.05) is 6.07 Å². The Hall–Kier alpha value is -0.950. The minimum atomic E-state index is 0.506. The van der Waals surface area contributed by atoms with Crippen LogP contribution in [0.25, 0.3) is 0 Å². The van der Waals surface area contributed by atoms with Crippen LogP contribution in [-0.4, -0.2) is 0 Å². The van der Waals surface area contributed by atoms with Gasteiger partial charge in [-0.05, 0) is 56.3 Å². The van der Waals surface area contributed by atoms with E-state index in [2.05, 4.69) is 18.8 Å². The molecule has 0 spiro atoms. The van der Waals surface area contributed by atoms with Crippen molar-refractivity contribution < 1.29 is 0 Å². The number of hydrogen-bond acceptors (Lipinski definition) is 1. The summed E-state index contributed by atoms with van der Waals surface area (Å²) in [6, 6.07) is 1.95. The number of nitrogens with zero attached hydrogens (tertiary/aromatic N) is 1. The van der Waals surface area contributed by atoms with Gasteiger partial charge in [0.25, 0.3) is 0 Å². The highest BCUT2D eigenvalue weighted by molar-refractivity contribution is 5.18. The van der Waals surface area contributed by atoms with E-state index in [1.165, 1.54) is 70.6 Å². The van der Waals surface area contributed by atoms with Gasteiger partial charge >= 0.3 is 0 Å². The SMILES string of the molecule is CCCC[C@H]1CC[C@H]([C@H]2CC[C@H](C#CC#N)CC2)CC1. The van der Waals surface area contributed by atoms with Gasteiger partial charge in [-0.2, -0.15) is 5.26 Å². The quantitative estimate of drug-likeness (QED) is 0.635. The number of hydrogen-bond donors (Lipinski definition) is 0. The lowest BCUT2D eigenvalue weighted by Crippen LogP contribution is -2.25. The molecule has 20 heavy (non-hydrogen) atoms. The van der Waals surface area contributed by atoms with Crippen LogP contribution in [0.2, 0.25) is 0 Å². The van der Waals surface area contributed by atoms with Crippen LogP contribution in [0.4, 0.5) is 0 Å². The topological polar surface area (TPSA) is 23.8 Å². The minimum Gasteiger partial charge on any atom is -0.183 e. The van der Waals surface area contributed by atoms with Gasteiger partial charge < -0.3 is 0 Å². The Kier molecular flexibility index (Phi) is 6.46. The molecule has 2 aliphatic rings. The van der Waals surface area contributed by atoms with Crippen molar-refractivity contribution in [2.45, 2.75) is 77.6 Å². The maximum atomic E-state index is 8.52. The van der Waals surface area contributed by atoms with E-state index in [0.29, 0.717) is 5.92 Å². The largest absolute Gasteiger partial charge is 0.183 e. The highest BCUT2D eigenvalue weighted by Gasteiger charge is 2.30. The lowest BCUT2D eigenvalue weighted by molar-refractivity contribution is 0.153. The third-order valence-electron chi connectivity index (χ3n) is 5.63. The molecule has 2 aliphatic carbocycles. The van der Waals surface area contributed by atoms with Gasteiger partial charge in [0.05, 0.1) is 0 Å². The molecule has 0 unspecified atom stereocenters. The Morgan fingerprint density at radius 2 is 1.50 bits per heavy atom. The van der Waals surface area contributed by atoms with Gasteiger partial charge in [-0.25, -0.2) is 0 Å². The minimum absolute atomic E-state index is 0.506. The monoisotopic (exact) mass is 271 g/mol. The van der Waals surface area contributed by atoms with E-state index >= 15 is 0 Å². The van der Waals surface area contributed by atoms with Crippen molar-refractivity contribution in [1.29, 1.82) is 5.26 Å². The Labute approximate surface area is 125 Å². The molecule has 0 atom stereocenters. The first-order valence-electron chi connectivity index (χ1n) is 8.73. The molecule has 0 bridgehead atoms. The first-order chi connectivity index (χ1) is 9.83. The summed E-state index contributed by atoms with van der Waals surface area (Å²) in [4.78, 5) is 0. The van der Waals surface area contributed by atoms with Crippen molar-refractivity contribution in [1.82, 2.24) is 0 Å². The molecule has 2 saturated carbocycles. The summed E-state index contributed by atoms with van der Waals surface area (Å²) < 4.78 is 0. The van der Waals surface area contributed by atoms with Crippen molar-refractivity contribution >= 4 is 0 Å². The zero-order valence-electron chi connectivity index (χ0n) is 13.0. The van der Waals surface area contributed by atoms with Crippen LogP contribution < -0.4 is 0 Å². The van der Waals surface area contributed by atoms with Crippen LogP contribution >= 0.6 is 0 Å². The molecule has 1 nitrogen and oxygen atoms in total. The number of unbranched alkanes of at least 4 members (excludes halogenated alkanes) is 1. The Morgan fingerprint density at radius 3 is 2.05 bits per heavy atom. The highest BCUT2D eigenvalue weighted by Crippen LogP contribution is 2.42. The summed E-state index contributed by atoms with van der Waals surface area (Å²) in [6.45, 7) is 2.30. The van der Waals surface area contributed by atoms with Crippen molar-refractivity contribution in [3.05, 3.63) is 0 Å². The van der Waals surface area contributed by atoms with Crippen LogP contribution in [-0.2, 0) is 0 Å². The van der Waals surface area contributed by atoms with E-state index in [-0.39, 0.29) is 0 Å². The van der Waals surface area contributed by atoms with Gasteiger partial charge in [0.1, 0.15) is 0 Å². The van der Waals surface area contributed by atoms with E-state index in [0.717, 1.165) is 17.8 Å². The molecule has 0 heterocycles.